The van der Waals surface area contributed by atoms with Crippen molar-refractivity contribution < 1.29 is 9.53 Å². The summed E-state index contributed by atoms with van der Waals surface area (Å²) in [7, 11) is 1.74. The summed E-state index contributed by atoms with van der Waals surface area (Å²) in [6.45, 7) is 0.868. The zero-order chi connectivity index (χ0) is 16.9. The predicted octanol–water partition coefficient (Wildman–Crippen LogP) is 4.04. The van der Waals surface area contributed by atoms with Gasteiger partial charge in [-0.2, -0.15) is 0 Å². The zero-order valence-electron chi connectivity index (χ0n) is 13.3. The first kappa shape index (κ1) is 16.3. The van der Waals surface area contributed by atoms with E-state index in [4.69, 9.17) is 16.3 Å². The van der Waals surface area contributed by atoms with E-state index in [1.807, 2.05) is 30.3 Å². The maximum absolute atomic E-state index is 12.5. The number of aromatic nitrogens is 1. The number of benzene rings is 2. The Morgan fingerprint density at radius 1 is 1.08 bits per heavy atom. The Balaban J connectivity index is 1.60. The maximum Gasteiger partial charge on any atom is 0.272 e. The Labute approximate surface area is 145 Å². The second-order valence-corrected chi connectivity index (χ2v) is 5.85. The molecule has 122 valence electrons. The lowest BCUT2D eigenvalue weighted by Crippen LogP contribution is -2.31. The average Bonchev–Trinajstić information content (AvgIpc) is 2.62. The van der Waals surface area contributed by atoms with E-state index in [-0.39, 0.29) is 5.91 Å². The van der Waals surface area contributed by atoms with Gasteiger partial charge < -0.3 is 9.64 Å². The molecule has 0 fully saturated rings. The van der Waals surface area contributed by atoms with Crippen molar-refractivity contribution in [3.8, 4) is 5.75 Å². The van der Waals surface area contributed by atoms with E-state index in [1.54, 1.807) is 42.3 Å². The van der Waals surface area contributed by atoms with Crippen molar-refractivity contribution in [3.05, 3.63) is 71.4 Å². The topological polar surface area (TPSA) is 42.4 Å². The number of hydrogen-bond acceptors (Lipinski definition) is 3. The number of amides is 1. The molecule has 5 heteroatoms. The van der Waals surface area contributed by atoms with Crippen molar-refractivity contribution >= 4 is 28.4 Å². The standard InChI is InChI=1S/C19H17ClN2O2/c1-22(12-13-24-16-9-7-15(20)8-10-16)19(23)18-11-6-14-4-2-3-5-17(14)21-18/h2-11H,12-13H2,1H3. The summed E-state index contributed by atoms with van der Waals surface area (Å²) in [6.07, 6.45) is 0. The van der Waals surface area contributed by atoms with E-state index in [0.717, 1.165) is 16.7 Å². The van der Waals surface area contributed by atoms with Crippen LogP contribution in [-0.4, -0.2) is 36.0 Å². The monoisotopic (exact) mass is 340 g/mol. The maximum atomic E-state index is 12.5. The molecule has 1 amide bonds. The third-order valence-electron chi connectivity index (χ3n) is 3.67. The summed E-state index contributed by atoms with van der Waals surface area (Å²) in [5.74, 6) is 0.601. The third-order valence-corrected chi connectivity index (χ3v) is 3.93. The van der Waals surface area contributed by atoms with Crippen LogP contribution in [0.4, 0.5) is 0 Å². The van der Waals surface area contributed by atoms with E-state index in [1.165, 1.54) is 0 Å². The Hall–Kier alpha value is -2.59. The Bertz CT molecular complexity index is 849. The number of hydrogen-bond donors (Lipinski definition) is 0. The first-order valence-electron chi connectivity index (χ1n) is 7.63. The average molecular weight is 341 g/mol. The van der Waals surface area contributed by atoms with Gasteiger partial charge in [0.2, 0.25) is 0 Å². The number of fused-ring (bicyclic) bond motifs is 1. The first-order valence-corrected chi connectivity index (χ1v) is 8.01. The van der Waals surface area contributed by atoms with Crippen LogP contribution < -0.4 is 4.74 Å². The molecule has 0 saturated heterocycles. The minimum Gasteiger partial charge on any atom is -0.492 e. The Morgan fingerprint density at radius 2 is 1.83 bits per heavy atom. The first-order chi connectivity index (χ1) is 11.6. The van der Waals surface area contributed by atoms with Crippen molar-refractivity contribution in [3.63, 3.8) is 0 Å². The molecule has 2 aromatic carbocycles. The molecule has 3 rings (SSSR count). The van der Waals surface area contributed by atoms with Gasteiger partial charge in [0.15, 0.2) is 0 Å². The largest absolute Gasteiger partial charge is 0.492 e. The summed E-state index contributed by atoms with van der Waals surface area (Å²) in [5.41, 5.74) is 1.25. The van der Waals surface area contributed by atoms with Crippen LogP contribution in [0.3, 0.4) is 0 Å². The second-order valence-electron chi connectivity index (χ2n) is 5.42. The predicted molar refractivity (Wildman–Crippen MR) is 95.7 cm³/mol. The van der Waals surface area contributed by atoms with Crippen molar-refractivity contribution in [2.75, 3.05) is 20.2 Å². The number of carbonyl (C=O) groups excluding carboxylic acids is 1. The molecule has 0 radical (unpaired) electrons. The minimum absolute atomic E-state index is 0.125. The molecule has 0 atom stereocenters. The molecule has 1 heterocycles. The second kappa shape index (κ2) is 7.32. The van der Waals surface area contributed by atoms with Crippen LogP contribution in [-0.2, 0) is 0 Å². The smallest absolute Gasteiger partial charge is 0.272 e. The minimum atomic E-state index is -0.125. The van der Waals surface area contributed by atoms with Crippen LogP contribution in [0.15, 0.2) is 60.7 Å². The number of carbonyl (C=O) groups is 1. The number of halogens is 1. The van der Waals surface area contributed by atoms with Gasteiger partial charge >= 0.3 is 0 Å². The summed E-state index contributed by atoms with van der Waals surface area (Å²) >= 11 is 5.83. The van der Waals surface area contributed by atoms with E-state index in [2.05, 4.69) is 4.98 Å². The van der Waals surface area contributed by atoms with Crippen LogP contribution in [0.25, 0.3) is 10.9 Å². The van der Waals surface area contributed by atoms with Gasteiger partial charge in [0.05, 0.1) is 12.1 Å². The zero-order valence-corrected chi connectivity index (χ0v) is 14.0. The third kappa shape index (κ3) is 3.84. The molecule has 3 aromatic rings. The number of pyridine rings is 1. The van der Waals surface area contributed by atoms with E-state index >= 15 is 0 Å². The molecule has 0 N–H and O–H groups in total. The van der Waals surface area contributed by atoms with Gasteiger partial charge in [0.1, 0.15) is 18.1 Å². The van der Waals surface area contributed by atoms with E-state index in [0.29, 0.717) is 23.9 Å². The highest BCUT2D eigenvalue weighted by Crippen LogP contribution is 2.16. The lowest BCUT2D eigenvalue weighted by atomic mass is 10.2. The van der Waals surface area contributed by atoms with Gasteiger partial charge in [-0.1, -0.05) is 35.9 Å². The summed E-state index contributed by atoms with van der Waals surface area (Å²) in [6, 6.07) is 18.5. The highest BCUT2D eigenvalue weighted by molar-refractivity contribution is 6.30. The molecule has 0 aliphatic rings. The molecular weight excluding hydrogens is 324 g/mol. The van der Waals surface area contributed by atoms with Crippen molar-refractivity contribution in [2.45, 2.75) is 0 Å². The van der Waals surface area contributed by atoms with E-state index in [9.17, 15) is 4.79 Å². The SMILES string of the molecule is CN(CCOc1ccc(Cl)cc1)C(=O)c1ccc2ccccc2n1. The number of likely N-dealkylation sites (N-methyl/N-ethyl adjacent to an activating group) is 1. The Morgan fingerprint density at radius 3 is 2.62 bits per heavy atom. The molecule has 0 saturated carbocycles. The fourth-order valence-electron chi connectivity index (χ4n) is 2.31. The molecule has 0 spiro atoms. The normalized spacial score (nSPS) is 10.6. The molecular formula is C19H17ClN2O2. The van der Waals surface area contributed by atoms with Gasteiger partial charge in [-0.3, -0.25) is 4.79 Å². The number of rotatable bonds is 5. The van der Waals surface area contributed by atoms with Crippen molar-refractivity contribution in [1.82, 2.24) is 9.88 Å². The molecule has 0 unspecified atom stereocenters. The van der Waals surface area contributed by atoms with Gasteiger partial charge in [-0.15, -0.1) is 0 Å². The molecule has 0 bridgehead atoms. The van der Waals surface area contributed by atoms with Gasteiger partial charge in [-0.05, 0) is 36.4 Å². The quantitative estimate of drug-likeness (QED) is 0.704. The lowest BCUT2D eigenvalue weighted by molar-refractivity contribution is 0.0768. The van der Waals surface area contributed by atoms with Crippen LogP contribution in [0.5, 0.6) is 5.75 Å². The number of nitrogens with zero attached hydrogens (tertiary/aromatic N) is 2. The van der Waals surface area contributed by atoms with E-state index < -0.39 is 0 Å². The highest BCUT2D eigenvalue weighted by atomic mass is 35.5. The summed E-state index contributed by atoms with van der Waals surface area (Å²) < 4.78 is 5.61. The highest BCUT2D eigenvalue weighted by Gasteiger charge is 2.13. The number of para-hydroxylation sites is 1. The molecule has 4 nitrogen and oxygen atoms in total. The van der Waals surface area contributed by atoms with Crippen LogP contribution in [0, 0.1) is 0 Å². The van der Waals surface area contributed by atoms with Crippen LogP contribution >= 0.6 is 11.6 Å². The summed E-state index contributed by atoms with van der Waals surface area (Å²) in [5, 5.41) is 1.68. The fourth-order valence-corrected chi connectivity index (χ4v) is 2.44. The number of ether oxygens (including phenoxy) is 1. The van der Waals surface area contributed by atoms with Crippen molar-refractivity contribution in [1.29, 1.82) is 0 Å². The van der Waals surface area contributed by atoms with Crippen LogP contribution in [0.1, 0.15) is 10.5 Å². The summed E-state index contributed by atoms with van der Waals surface area (Å²) in [4.78, 5) is 18.5. The molecule has 0 aliphatic heterocycles. The fraction of sp³-hybridized carbons (Fsp3) is 0.158. The molecule has 0 aliphatic carbocycles. The molecule has 24 heavy (non-hydrogen) atoms. The van der Waals surface area contributed by atoms with Gasteiger partial charge in [-0.25, -0.2) is 4.98 Å². The lowest BCUT2D eigenvalue weighted by Gasteiger charge is -2.17. The van der Waals surface area contributed by atoms with Gasteiger partial charge in [0.25, 0.3) is 5.91 Å². The molecule has 1 aromatic heterocycles. The van der Waals surface area contributed by atoms with Gasteiger partial charge in [0, 0.05) is 17.5 Å². The van der Waals surface area contributed by atoms with Crippen molar-refractivity contribution in [2.24, 2.45) is 0 Å². The Kier molecular flexibility index (Phi) is 4.96. The van der Waals surface area contributed by atoms with Crippen LogP contribution in [0.2, 0.25) is 5.02 Å².